The molecule has 23 heavy (non-hydrogen) atoms. The second kappa shape index (κ2) is 5.72. The van der Waals surface area contributed by atoms with Crippen LogP contribution >= 0.6 is 0 Å². The van der Waals surface area contributed by atoms with Gasteiger partial charge in [0.1, 0.15) is 23.6 Å². The quantitative estimate of drug-likeness (QED) is 0.777. The number of aromatic amines is 1. The Morgan fingerprint density at radius 1 is 1.30 bits per heavy atom. The molecule has 1 aromatic carbocycles. The average molecular weight is 313 g/mol. The van der Waals surface area contributed by atoms with E-state index in [4.69, 9.17) is 10.5 Å². The number of aryl methyl sites for hydroxylation is 2. The topological polar surface area (TPSA) is 81.0 Å². The number of carbonyl (C=O) groups excluding carboxylic acids is 1. The van der Waals surface area contributed by atoms with Gasteiger partial charge < -0.3 is 15.5 Å². The van der Waals surface area contributed by atoms with Gasteiger partial charge in [0.05, 0.1) is 0 Å². The highest BCUT2D eigenvalue weighted by Crippen LogP contribution is 2.29. The summed E-state index contributed by atoms with van der Waals surface area (Å²) in [6.07, 6.45) is 0. The van der Waals surface area contributed by atoms with Crippen molar-refractivity contribution in [2.24, 2.45) is 5.73 Å². The fourth-order valence-electron chi connectivity index (χ4n) is 2.38. The van der Waals surface area contributed by atoms with Gasteiger partial charge in [-0.15, -0.1) is 0 Å². The molecule has 0 aliphatic rings. The molecule has 0 saturated carbocycles. The van der Waals surface area contributed by atoms with Crippen LogP contribution < -0.4 is 10.5 Å². The molecule has 0 fully saturated rings. The highest BCUT2D eigenvalue weighted by molar-refractivity contribution is 5.97. The Kier molecular flexibility index (Phi) is 3.73. The maximum atomic E-state index is 12.9. The van der Waals surface area contributed by atoms with E-state index in [0.29, 0.717) is 11.4 Å². The number of hydrogen-bond donors (Lipinski definition) is 2. The molecule has 3 rings (SSSR count). The Morgan fingerprint density at radius 2 is 2.00 bits per heavy atom. The molecule has 0 unspecified atom stereocenters. The molecule has 0 spiro atoms. The number of pyridine rings is 1. The zero-order chi connectivity index (χ0) is 16.6. The monoisotopic (exact) mass is 313 g/mol. The summed E-state index contributed by atoms with van der Waals surface area (Å²) in [4.78, 5) is 18.9. The maximum absolute atomic E-state index is 12.9. The zero-order valence-corrected chi connectivity index (χ0v) is 12.8. The standard InChI is InChI=1S/C17H16FN3O2/c1-9-10(2)20-15-13(9)7-14(16(19)22)21-17(15)23-8-11-3-5-12(18)6-4-11/h3-7,20H,8H2,1-2H3,(H2,19,22). The van der Waals surface area contributed by atoms with Gasteiger partial charge in [0.25, 0.3) is 5.91 Å². The van der Waals surface area contributed by atoms with Crippen molar-refractivity contribution in [1.29, 1.82) is 0 Å². The van der Waals surface area contributed by atoms with E-state index in [-0.39, 0.29) is 18.1 Å². The van der Waals surface area contributed by atoms with Crippen molar-refractivity contribution >= 4 is 16.8 Å². The molecule has 3 N–H and O–H groups in total. The number of H-pyrrole nitrogens is 1. The van der Waals surface area contributed by atoms with Crippen molar-refractivity contribution in [3.05, 3.63) is 58.7 Å². The number of aromatic nitrogens is 2. The number of halogens is 1. The lowest BCUT2D eigenvalue weighted by Crippen LogP contribution is -2.13. The van der Waals surface area contributed by atoms with Crippen LogP contribution in [0.15, 0.2) is 30.3 Å². The molecule has 6 heteroatoms. The minimum atomic E-state index is -0.614. The number of amides is 1. The maximum Gasteiger partial charge on any atom is 0.267 e. The Morgan fingerprint density at radius 3 is 2.65 bits per heavy atom. The molecule has 2 aromatic heterocycles. The van der Waals surface area contributed by atoms with Crippen molar-refractivity contribution in [3.8, 4) is 5.88 Å². The first-order valence-corrected chi connectivity index (χ1v) is 7.12. The summed E-state index contributed by atoms with van der Waals surface area (Å²) in [5, 5.41) is 0.848. The van der Waals surface area contributed by atoms with E-state index in [2.05, 4.69) is 9.97 Å². The van der Waals surface area contributed by atoms with E-state index >= 15 is 0 Å². The molecule has 0 aliphatic carbocycles. The number of primary amides is 1. The first-order valence-electron chi connectivity index (χ1n) is 7.12. The van der Waals surface area contributed by atoms with Crippen LogP contribution in [0.2, 0.25) is 0 Å². The predicted molar refractivity (Wildman–Crippen MR) is 84.8 cm³/mol. The van der Waals surface area contributed by atoms with Gasteiger partial charge in [-0.05, 0) is 43.2 Å². The number of rotatable bonds is 4. The number of ether oxygens (including phenoxy) is 1. The van der Waals surface area contributed by atoms with Gasteiger partial charge >= 0.3 is 0 Å². The van der Waals surface area contributed by atoms with Gasteiger partial charge in [0.2, 0.25) is 5.88 Å². The number of nitrogens with two attached hydrogens (primary N) is 1. The van der Waals surface area contributed by atoms with E-state index in [9.17, 15) is 9.18 Å². The second-order valence-corrected chi connectivity index (χ2v) is 5.39. The fraction of sp³-hybridized carbons (Fsp3) is 0.176. The minimum absolute atomic E-state index is 0.147. The fourth-order valence-corrected chi connectivity index (χ4v) is 2.38. The molecule has 3 aromatic rings. The van der Waals surface area contributed by atoms with Crippen LogP contribution in [0.1, 0.15) is 27.3 Å². The first-order chi connectivity index (χ1) is 11.0. The summed E-state index contributed by atoms with van der Waals surface area (Å²) in [6, 6.07) is 7.65. The largest absolute Gasteiger partial charge is 0.471 e. The van der Waals surface area contributed by atoms with Crippen LogP contribution in [0.3, 0.4) is 0 Å². The lowest BCUT2D eigenvalue weighted by atomic mass is 10.1. The Balaban J connectivity index is 1.99. The van der Waals surface area contributed by atoms with Gasteiger partial charge in [0, 0.05) is 11.1 Å². The number of nitrogens with zero attached hydrogens (tertiary/aromatic N) is 1. The van der Waals surface area contributed by atoms with Crippen molar-refractivity contribution in [3.63, 3.8) is 0 Å². The van der Waals surface area contributed by atoms with Crippen LogP contribution in [0.4, 0.5) is 4.39 Å². The minimum Gasteiger partial charge on any atom is -0.471 e. The summed E-state index contributed by atoms with van der Waals surface area (Å²) < 4.78 is 18.7. The highest BCUT2D eigenvalue weighted by Gasteiger charge is 2.15. The smallest absolute Gasteiger partial charge is 0.267 e. The summed E-state index contributed by atoms with van der Waals surface area (Å²) in [6.45, 7) is 4.09. The van der Waals surface area contributed by atoms with Crippen LogP contribution in [-0.2, 0) is 6.61 Å². The van der Waals surface area contributed by atoms with Crippen molar-refractivity contribution < 1.29 is 13.9 Å². The Bertz CT molecular complexity index is 885. The van der Waals surface area contributed by atoms with Crippen LogP contribution in [-0.4, -0.2) is 15.9 Å². The third kappa shape index (κ3) is 2.88. The molecule has 0 atom stereocenters. The van der Waals surface area contributed by atoms with Gasteiger partial charge in [-0.3, -0.25) is 4.79 Å². The van der Waals surface area contributed by atoms with E-state index in [0.717, 1.165) is 22.2 Å². The van der Waals surface area contributed by atoms with E-state index in [1.165, 1.54) is 12.1 Å². The third-order valence-electron chi connectivity index (χ3n) is 3.81. The molecule has 0 saturated heterocycles. The van der Waals surface area contributed by atoms with E-state index in [1.54, 1.807) is 18.2 Å². The molecule has 2 heterocycles. The number of nitrogens with one attached hydrogen (secondary N) is 1. The van der Waals surface area contributed by atoms with E-state index < -0.39 is 5.91 Å². The predicted octanol–water partition coefficient (Wildman–Crippen LogP) is 3.00. The van der Waals surface area contributed by atoms with Gasteiger partial charge in [0.15, 0.2) is 0 Å². The van der Waals surface area contributed by atoms with Gasteiger partial charge in [-0.2, -0.15) is 0 Å². The molecular weight excluding hydrogens is 297 g/mol. The summed E-state index contributed by atoms with van der Waals surface area (Å²) in [5.41, 5.74) is 8.98. The number of hydrogen-bond acceptors (Lipinski definition) is 3. The molecule has 0 bridgehead atoms. The van der Waals surface area contributed by atoms with Crippen molar-refractivity contribution in [2.45, 2.75) is 20.5 Å². The number of fused-ring (bicyclic) bond motifs is 1. The normalized spacial score (nSPS) is 10.9. The molecule has 5 nitrogen and oxygen atoms in total. The molecule has 0 radical (unpaired) electrons. The second-order valence-electron chi connectivity index (χ2n) is 5.39. The lowest BCUT2D eigenvalue weighted by molar-refractivity contribution is 0.0994. The third-order valence-corrected chi connectivity index (χ3v) is 3.81. The van der Waals surface area contributed by atoms with Crippen LogP contribution in [0.5, 0.6) is 5.88 Å². The van der Waals surface area contributed by atoms with Gasteiger partial charge in [-0.1, -0.05) is 12.1 Å². The molecule has 0 aliphatic heterocycles. The Hall–Kier alpha value is -2.89. The molecular formula is C17H16FN3O2. The first kappa shape index (κ1) is 15.0. The molecule has 1 amide bonds. The van der Waals surface area contributed by atoms with Crippen molar-refractivity contribution in [2.75, 3.05) is 0 Å². The van der Waals surface area contributed by atoms with Crippen LogP contribution in [0, 0.1) is 19.7 Å². The van der Waals surface area contributed by atoms with E-state index in [1.807, 2.05) is 13.8 Å². The lowest BCUT2D eigenvalue weighted by Gasteiger charge is -2.08. The summed E-state index contributed by atoms with van der Waals surface area (Å²) in [5.74, 6) is -0.616. The van der Waals surface area contributed by atoms with Crippen LogP contribution in [0.25, 0.3) is 10.9 Å². The Labute approximate surface area is 132 Å². The number of carbonyl (C=O) groups is 1. The summed E-state index contributed by atoms with van der Waals surface area (Å²) in [7, 11) is 0. The zero-order valence-electron chi connectivity index (χ0n) is 12.8. The summed E-state index contributed by atoms with van der Waals surface area (Å²) >= 11 is 0. The highest BCUT2D eigenvalue weighted by atomic mass is 19.1. The SMILES string of the molecule is Cc1[nH]c2c(OCc3ccc(F)cc3)nc(C(N)=O)cc2c1C. The average Bonchev–Trinajstić information content (AvgIpc) is 2.82. The number of benzene rings is 1. The van der Waals surface area contributed by atoms with Gasteiger partial charge in [-0.25, -0.2) is 9.37 Å². The van der Waals surface area contributed by atoms with Crippen molar-refractivity contribution in [1.82, 2.24) is 9.97 Å². The molecule has 118 valence electrons.